The molecule has 6 heteroatoms. The van der Waals surface area contributed by atoms with Gasteiger partial charge in [0.2, 0.25) is 5.91 Å². The highest BCUT2D eigenvalue weighted by atomic mass is 32.1. The minimum absolute atomic E-state index is 0.176. The summed E-state index contributed by atoms with van der Waals surface area (Å²) >= 11 is 1.42. The van der Waals surface area contributed by atoms with Gasteiger partial charge >= 0.3 is 0 Å². The van der Waals surface area contributed by atoms with Gasteiger partial charge in [-0.3, -0.25) is 4.79 Å². The van der Waals surface area contributed by atoms with Crippen molar-refractivity contribution in [1.29, 1.82) is 0 Å². The molecule has 0 unspecified atom stereocenters. The van der Waals surface area contributed by atoms with Gasteiger partial charge in [0.25, 0.3) is 0 Å². The number of unbranched alkanes of at least 4 members (excludes halogenated alkanes) is 1. The van der Waals surface area contributed by atoms with Gasteiger partial charge in [-0.1, -0.05) is 31.1 Å². The first-order chi connectivity index (χ1) is 9.63. The van der Waals surface area contributed by atoms with Gasteiger partial charge in [-0.05, 0) is 24.6 Å². The van der Waals surface area contributed by atoms with E-state index in [1.807, 2.05) is 18.2 Å². The Labute approximate surface area is 122 Å². The monoisotopic (exact) mass is 293 g/mol. The molecule has 1 amide bonds. The fraction of sp³-hybridized carbons (Fsp3) is 0.429. The number of methoxy groups -OCH3 is 1. The third-order valence-electron chi connectivity index (χ3n) is 3.03. The number of benzene rings is 1. The fourth-order valence-electron chi connectivity index (χ4n) is 1.84. The lowest BCUT2D eigenvalue weighted by molar-refractivity contribution is -0.117. The van der Waals surface area contributed by atoms with Crippen molar-refractivity contribution >= 4 is 32.6 Å². The second-order valence-corrected chi connectivity index (χ2v) is 5.62. The number of carbonyl (C=O) groups excluding carboxylic acids is 1. The SMILES string of the molecule is CCCC[C@H](N)C(=O)Nc1nc2ccc(OC)cc2s1. The van der Waals surface area contributed by atoms with Crippen LogP contribution in [-0.2, 0) is 4.79 Å². The first kappa shape index (κ1) is 14.7. The summed E-state index contributed by atoms with van der Waals surface area (Å²) in [6.07, 6.45) is 2.68. The van der Waals surface area contributed by atoms with Crippen molar-refractivity contribution in [2.75, 3.05) is 12.4 Å². The van der Waals surface area contributed by atoms with Crippen molar-refractivity contribution in [3.8, 4) is 5.75 Å². The Morgan fingerprint density at radius 2 is 2.35 bits per heavy atom. The lowest BCUT2D eigenvalue weighted by Crippen LogP contribution is -2.35. The van der Waals surface area contributed by atoms with Crippen LogP contribution >= 0.6 is 11.3 Å². The molecule has 5 nitrogen and oxygen atoms in total. The number of anilines is 1. The number of aromatic nitrogens is 1. The molecular formula is C14H19N3O2S. The quantitative estimate of drug-likeness (QED) is 0.858. The topological polar surface area (TPSA) is 77.2 Å². The van der Waals surface area contributed by atoms with Crippen LogP contribution in [0.15, 0.2) is 18.2 Å². The number of hydrogen-bond donors (Lipinski definition) is 2. The highest BCUT2D eigenvalue weighted by Gasteiger charge is 2.15. The number of nitrogens with zero attached hydrogens (tertiary/aromatic N) is 1. The van der Waals surface area contributed by atoms with Gasteiger partial charge in [0.05, 0.1) is 23.4 Å². The summed E-state index contributed by atoms with van der Waals surface area (Å²) < 4.78 is 6.14. The maximum Gasteiger partial charge on any atom is 0.243 e. The maximum atomic E-state index is 11.9. The van der Waals surface area contributed by atoms with Crippen LogP contribution in [0.4, 0.5) is 5.13 Å². The Hall–Kier alpha value is -1.66. The normalized spacial score (nSPS) is 12.3. The summed E-state index contributed by atoms with van der Waals surface area (Å²) in [5, 5.41) is 3.35. The van der Waals surface area contributed by atoms with E-state index in [9.17, 15) is 4.79 Å². The van der Waals surface area contributed by atoms with Crippen LogP contribution in [0, 0.1) is 0 Å². The van der Waals surface area contributed by atoms with E-state index in [0.717, 1.165) is 28.8 Å². The van der Waals surface area contributed by atoms with Gasteiger partial charge in [-0.2, -0.15) is 0 Å². The van der Waals surface area contributed by atoms with E-state index < -0.39 is 6.04 Å². The van der Waals surface area contributed by atoms with E-state index >= 15 is 0 Å². The number of nitrogens with one attached hydrogen (secondary N) is 1. The molecule has 0 saturated heterocycles. The number of rotatable bonds is 6. The van der Waals surface area contributed by atoms with E-state index in [1.165, 1.54) is 11.3 Å². The molecule has 0 aliphatic heterocycles. The van der Waals surface area contributed by atoms with E-state index in [1.54, 1.807) is 7.11 Å². The third-order valence-corrected chi connectivity index (χ3v) is 3.96. The largest absolute Gasteiger partial charge is 0.497 e. The summed E-state index contributed by atoms with van der Waals surface area (Å²) in [6.45, 7) is 2.07. The average molecular weight is 293 g/mol. The van der Waals surface area contributed by atoms with E-state index in [-0.39, 0.29) is 5.91 Å². The fourth-order valence-corrected chi connectivity index (χ4v) is 2.74. The molecule has 1 aromatic carbocycles. The molecule has 20 heavy (non-hydrogen) atoms. The molecule has 2 rings (SSSR count). The number of thiazole rings is 1. The average Bonchev–Trinajstić information content (AvgIpc) is 2.85. The maximum absolute atomic E-state index is 11.9. The highest BCUT2D eigenvalue weighted by Crippen LogP contribution is 2.29. The summed E-state index contributed by atoms with van der Waals surface area (Å²) in [5.41, 5.74) is 6.68. The number of fused-ring (bicyclic) bond motifs is 1. The van der Waals surface area contributed by atoms with Crippen molar-refractivity contribution in [2.24, 2.45) is 5.73 Å². The Morgan fingerprint density at radius 3 is 3.05 bits per heavy atom. The van der Waals surface area contributed by atoms with Crippen LogP contribution < -0.4 is 15.8 Å². The number of nitrogens with two attached hydrogens (primary N) is 1. The number of carbonyl (C=O) groups is 1. The number of hydrogen-bond acceptors (Lipinski definition) is 5. The van der Waals surface area contributed by atoms with Crippen LogP contribution in [0.25, 0.3) is 10.2 Å². The predicted molar refractivity (Wildman–Crippen MR) is 82.3 cm³/mol. The molecule has 1 atom stereocenters. The molecule has 1 heterocycles. The summed E-state index contributed by atoms with van der Waals surface area (Å²) in [4.78, 5) is 16.3. The first-order valence-corrected chi connectivity index (χ1v) is 7.46. The van der Waals surface area contributed by atoms with Gasteiger partial charge < -0.3 is 15.8 Å². The molecular weight excluding hydrogens is 274 g/mol. The zero-order valence-electron chi connectivity index (χ0n) is 11.7. The van der Waals surface area contributed by atoms with Crippen molar-refractivity contribution < 1.29 is 9.53 Å². The molecule has 0 aliphatic carbocycles. The van der Waals surface area contributed by atoms with Gasteiger partial charge in [-0.25, -0.2) is 4.98 Å². The number of amides is 1. The molecule has 0 bridgehead atoms. The second-order valence-electron chi connectivity index (χ2n) is 4.59. The van der Waals surface area contributed by atoms with Crippen LogP contribution in [0.3, 0.4) is 0 Å². The van der Waals surface area contributed by atoms with E-state index in [4.69, 9.17) is 10.5 Å². The Balaban J connectivity index is 2.07. The van der Waals surface area contributed by atoms with Crippen LogP contribution in [0.2, 0.25) is 0 Å². The molecule has 0 radical (unpaired) electrons. The van der Waals surface area contributed by atoms with Crippen molar-refractivity contribution in [1.82, 2.24) is 4.98 Å². The summed E-state index contributed by atoms with van der Waals surface area (Å²) in [6, 6.07) is 5.15. The molecule has 0 aliphatic rings. The van der Waals surface area contributed by atoms with Gasteiger partial charge in [-0.15, -0.1) is 0 Å². The second kappa shape index (κ2) is 6.67. The summed E-state index contributed by atoms with van der Waals surface area (Å²) in [7, 11) is 1.62. The van der Waals surface area contributed by atoms with Gasteiger partial charge in [0.1, 0.15) is 5.75 Å². The standard InChI is InChI=1S/C14H19N3O2S/c1-3-4-5-10(15)13(18)17-14-16-11-7-6-9(19-2)8-12(11)20-14/h6-8,10H,3-5,15H2,1-2H3,(H,16,17,18)/t10-/m0/s1. The molecule has 1 aromatic heterocycles. The van der Waals surface area contributed by atoms with Crippen LogP contribution in [0.5, 0.6) is 5.75 Å². The van der Waals surface area contributed by atoms with Crippen LogP contribution in [0.1, 0.15) is 26.2 Å². The zero-order chi connectivity index (χ0) is 14.5. The molecule has 0 fully saturated rings. The zero-order valence-corrected chi connectivity index (χ0v) is 12.5. The molecule has 108 valence electrons. The molecule has 0 saturated carbocycles. The smallest absolute Gasteiger partial charge is 0.243 e. The minimum atomic E-state index is -0.475. The number of ether oxygens (including phenoxy) is 1. The lowest BCUT2D eigenvalue weighted by Gasteiger charge is -2.09. The van der Waals surface area contributed by atoms with Gasteiger partial charge in [0.15, 0.2) is 5.13 Å². The van der Waals surface area contributed by atoms with Crippen molar-refractivity contribution in [3.05, 3.63) is 18.2 Å². The van der Waals surface area contributed by atoms with E-state index in [2.05, 4.69) is 17.2 Å². The molecule has 3 N–H and O–H groups in total. The summed E-state index contributed by atoms with van der Waals surface area (Å²) in [5.74, 6) is 0.600. The third kappa shape index (κ3) is 3.46. The molecule has 2 aromatic rings. The Morgan fingerprint density at radius 1 is 1.55 bits per heavy atom. The predicted octanol–water partition coefficient (Wildman–Crippen LogP) is 2.76. The first-order valence-electron chi connectivity index (χ1n) is 6.65. The Kier molecular flexibility index (Phi) is 4.92. The molecule has 0 spiro atoms. The van der Waals surface area contributed by atoms with Crippen molar-refractivity contribution in [2.45, 2.75) is 32.2 Å². The minimum Gasteiger partial charge on any atom is -0.497 e. The van der Waals surface area contributed by atoms with Crippen molar-refractivity contribution in [3.63, 3.8) is 0 Å². The van der Waals surface area contributed by atoms with E-state index in [0.29, 0.717) is 11.6 Å². The van der Waals surface area contributed by atoms with Gasteiger partial charge in [0, 0.05) is 0 Å². The lowest BCUT2D eigenvalue weighted by atomic mass is 10.1. The highest BCUT2D eigenvalue weighted by molar-refractivity contribution is 7.22. The van der Waals surface area contributed by atoms with Crippen LogP contribution in [-0.4, -0.2) is 24.0 Å². The Bertz CT molecular complexity index is 597.